The number of aromatic nitrogens is 2. The molecule has 0 saturated carbocycles. The first-order valence-electron chi connectivity index (χ1n) is 10.9. The van der Waals surface area contributed by atoms with Gasteiger partial charge >= 0.3 is 11.9 Å². The topological polar surface area (TPSA) is 125 Å². The zero-order chi connectivity index (χ0) is 23.9. The molecule has 2 aromatic heterocycles. The van der Waals surface area contributed by atoms with Crippen molar-refractivity contribution in [2.45, 2.75) is 38.8 Å². The van der Waals surface area contributed by atoms with E-state index in [1.807, 2.05) is 31.3 Å². The summed E-state index contributed by atoms with van der Waals surface area (Å²) < 4.78 is 7.02. The number of aromatic carboxylic acids is 1. The fourth-order valence-corrected chi connectivity index (χ4v) is 4.76. The van der Waals surface area contributed by atoms with E-state index in [1.165, 1.54) is 7.11 Å². The van der Waals surface area contributed by atoms with Gasteiger partial charge in [-0.25, -0.2) is 4.79 Å². The number of H-pyrrole nitrogens is 1. The van der Waals surface area contributed by atoms with Gasteiger partial charge in [-0.15, -0.1) is 12.4 Å². The number of aryl methyl sites for hydroxylation is 1. The van der Waals surface area contributed by atoms with Crippen LogP contribution in [-0.4, -0.2) is 56.3 Å². The van der Waals surface area contributed by atoms with Gasteiger partial charge in [-0.1, -0.05) is 13.0 Å². The lowest BCUT2D eigenvalue weighted by atomic mass is 9.99. The number of hydrogen-bond acceptors (Lipinski definition) is 6. The third kappa shape index (κ3) is 4.28. The molecule has 0 aliphatic carbocycles. The number of likely N-dealkylation sites (tertiary alicyclic amines) is 1. The summed E-state index contributed by atoms with van der Waals surface area (Å²) in [6.07, 6.45) is 2.07. The number of carboxylic acid groups (broad SMARTS) is 1. The molecule has 34 heavy (non-hydrogen) atoms. The maximum Gasteiger partial charge on any atom is 0.345 e. The predicted octanol–water partition coefficient (Wildman–Crippen LogP) is 3.06. The molecule has 1 aliphatic rings. The summed E-state index contributed by atoms with van der Waals surface area (Å²) in [5, 5.41) is 20.7. The van der Waals surface area contributed by atoms with E-state index in [0.29, 0.717) is 29.8 Å². The number of esters is 1. The molecule has 3 heterocycles. The van der Waals surface area contributed by atoms with Gasteiger partial charge in [0, 0.05) is 35.8 Å². The number of benzene rings is 1. The number of aromatic amines is 1. The summed E-state index contributed by atoms with van der Waals surface area (Å²) in [6, 6.07) is 7.47. The summed E-state index contributed by atoms with van der Waals surface area (Å²) in [6.45, 7) is 3.21. The number of carbonyl (C=O) groups excluding carboxylic acids is 1. The molecular weight excluding hydrogens is 462 g/mol. The van der Waals surface area contributed by atoms with E-state index in [1.54, 1.807) is 6.92 Å². The van der Waals surface area contributed by atoms with Crippen LogP contribution in [0.25, 0.3) is 22.2 Å². The Morgan fingerprint density at radius 2 is 2.00 bits per heavy atom. The fraction of sp³-hybridized carbons (Fsp3) is 0.375. The molecule has 1 saturated heterocycles. The molecule has 4 rings (SSSR count). The van der Waals surface area contributed by atoms with E-state index in [-0.39, 0.29) is 24.4 Å². The maximum atomic E-state index is 12.3. The van der Waals surface area contributed by atoms with Crippen LogP contribution in [-0.2, 0) is 29.5 Å². The number of carboxylic acids is 1. The van der Waals surface area contributed by atoms with Crippen LogP contribution < -0.4 is 5.56 Å². The van der Waals surface area contributed by atoms with Gasteiger partial charge < -0.3 is 24.5 Å². The molecule has 0 amide bonds. The summed E-state index contributed by atoms with van der Waals surface area (Å²) in [4.78, 5) is 40.6. The van der Waals surface area contributed by atoms with E-state index in [2.05, 4.69) is 14.5 Å². The fourth-order valence-electron chi connectivity index (χ4n) is 4.76. The lowest BCUT2D eigenvalue weighted by molar-refractivity contribution is -0.146. The molecule has 1 fully saturated rings. The Kier molecular flexibility index (Phi) is 7.38. The second-order valence-electron chi connectivity index (χ2n) is 8.31. The molecule has 3 aromatic rings. The smallest absolute Gasteiger partial charge is 0.345 e. The molecule has 1 aliphatic heterocycles. The lowest BCUT2D eigenvalue weighted by Crippen LogP contribution is -2.36. The Balaban J connectivity index is 0.00000324. The van der Waals surface area contributed by atoms with Crippen LogP contribution in [0.15, 0.2) is 29.1 Å². The van der Waals surface area contributed by atoms with Gasteiger partial charge in [0.15, 0.2) is 5.56 Å². The van der Waals surface area contributed by atoms with Crippen molar-refractivity contribution in [3.8, 4) is 17.0 Å². The second-order valence-corrected chi connectivity index (χ2v) is 8.31. The van der Waals surface area contributed by atoms with Crippen molar-refractivity contribution in [1.29, 1.82) is 0 Å². The third-order valence-corrected chi connectivity index (χ3v) is 6.49. The standard InChI is InChI=1S/C24H27N3O6.ClH/c1-4-16-20(25-22(29)19(21(16)28)23(30)31)13-7-8-17-14(10-13)11-15(26(17)2)12-27-9-5-6-18(27)24(32)33-3;/h7-8,10-11,18H,4-6,9,12H2,1-3H3,(H,30,31)(H2,25,28,29);1H/t18-;/m0./s1. The quantitative estimate of drug-likeness (QED) is 0.454. The summed E-state index contributed by atoms with van der Waals surface area (Å²) in [5.41, 5.74) is 1.98. The van der Waals surface area contributed by atoms with Crippen molar-refractivity contribution < 1.29 is 24.5 Å². The van der Waals surface area contributed by atoms with E-state index >= 15 is 0 Å². The third-order valence-electron chi connectivity index (χ3n) is 6.49. The van der Waals surface area contributed by atoms with Crippen molar-refractivity contribution in [1.82, 2.24) is 14.5 Å². The lowest BCUT2D eigenvalue weighted by Gasteiger charge is -2.22. The molecule has 10 heteroatoms. The highest BCUT2D eigenvalue weighted by Crippen LogP contribution is 2.33. The molecule has 0 bridgehead atoms. The van der Waals surface area contributed by atoms with Gasteiger partial charge in [0.25, 0.3) is 5.56 Å². The first-order valence-corrected chi connectivity index (χ1v) is 10.9. The molecule has 1 aromatic carbocycles. The Bertz CT molecular complexity index is 1310. The Hall–Kier alpha value is -3.30. The molecule has 0 radical (unpaired) electrons. The van der Waals surface area contributed by atoms with Crippen molar-refractivity contribution in [3.05, 3.63) is 51.4 Å². The van der Waals surface area contributed by atoms with Gasteiger partial charge in [-0.3, -0.25) is 14.5 Å². The summed E-state index contributed by atoms with van der Waals surface area (Å²) >= 11 is 0. The average molecular weight is 490 g/mol. The van der Waals surface area contributed by atoms with Crippen LogP contribution >= 0.6 is 12.4 Å². The number of pyridine rings is 1. The zero-order valence-electron chi connectivity index (χ0n) is 19.3. The molecular formula is C24H28ClN3O6. The Morgan fingerprint density at radius 3 is 2.65 bits per heavy atom. The van der Waals surface area contributed by atoms with Crippen LogP contribution in [0.1, 0.15) is 41.4 Å². The van der Waals surface area contributed by atoms with Gasteiger partial charge in [-0.05, 0) is 49.6 Å². The average Bonchev–Trinajstić information content (AvgIpc) is 3.37. The largest absolute Gasteiger partial charge is 0.506 e. The first kappa shape index (κ1) is 25.3. The number of nitrogens with one attached hydrogen (secondary N) is 1. The summed E-state index contributed by atoms with van der Waals surface area (Å²) in [7, 11) is 3.38. The predicted molar refractivity (Wildman–Crippen MR) is 130 cm³/mol. The first-order chi connectivity index (χ1) is 15.8. The number of fused-ring (bicyclic) bond motifs is 1. The second kappa shape index (κ2) is 9.90. The monoisotopic (exact) mass is 489 g/mol. The molecule has 0 spiro atoms. The molecule has 9 nitrogen and oxygen atoms in total. The van der Waals surface area contributed by atoms with E-state index in [4.69, 9.17) is 4.74 Å². The highest BCUT2D eigenvalue weighted by Gasteiger charge is 2.32. The number of carbonyl (C=O) groups is 2. The van der Waals surface area contributed by atoms with Crippen molar-refractivity contribution >= 4 is 35.2 Å². The maximum absolute atomic E-state index is 12.3. The molecule has 1 atom stereocenters. The van der Waals surface area contributed by atoms with E-state index < -0.39 is 22.8 Å². The summed E-state index contributed by atoms with van der Waals surface area (Å²) in [5.74, 6) is -2.18. The SMILES string of the molecule is CCc1c(-c2ccc3c(c2)cc(CN2CCC[C@H]2C(=O)OC)n3C)[nH]c(=O)c(C(=O)O)c1O.Cl. The number of rotatable bonds is 6. The normalized spacial score (nSPS) is 15.9. The molecule has 182 valence electrons. The van der Waals surface area contributed by atoms with Gasteiger partial charge in [0.05, 0.1) is 12.8 Å². The van der Waals surface area contributed by atoms with Crippen molar-refractivity contribution in [2.24, 2.45) is 7.05 Å². The highest BCUT2D eigenvalue weighted by atomic mass is 35.5. The van der Waals surface area contributed by atoms with Gasteiger partial charge in [0.1, 0.15) is 11.8 Å². The number of methoxy groups -OCH3 is 1. The molecule has 0 unspecified atom stereocenters. The molecule has 3 N–H and O–H groups in total. The van der Waals surface area contributed by atoms with Crippen LogP contribution in [0.4, 0.5) is 0 Å². The van der Waals surface area contributed by atoms with Crippen LogP contribution in [0.5, 0.6) is 5.75 Å². The minimum Gasteiger partial charge on any atom is -0.506 e. The minimum absolute atomic E-state index is 0. The Labute approximate surface area is 202 Å². The van der Waals surface area contributed by atoms with Crippen LogP contribution in [0, 0.1) is 0 Å². The zero-order valence-corrected chi connectivity index (χ0v) is 20.1. The van der Waals surface area contributed by atoms with Gasteiger partial charge in [0.2, 0.25) is 0 Å². The van der Waals surface area contributed by atoms with E-state index in [9.17, 15) is 24.6 Å². The van der Waals surface area contributed by atoms with Crippen LogP contribution in [0.2, 0.25) is 0 Å². The van der Waals surface area contributed by atoms with Gasteiger partial charge in [-0.2, -0.15) is 0 Å². The number of nitrogens with zero attached hydrogens (tertiary/aromatic N) is 2. The Morgan fingerprint density at radius 1 is 1.26 bits per heavy atom. The van der Waals surface area contributed by atoms with Crippen LogP contribution in [0.3, 0.4) is 0 Å². The van der Waals surface area contributed by atoms with E-state index in [0.717, 1.165) is 36.0 Å². The minimum atomic E-state index is -1.47. The number of halogens is 1. The number of aromatic hydroxyl groups is 1. The van der Waals surface area contributed by atoms with Crippen molar-refractivity contribution in [2.75, 3.05) is 13.7 Å². The van der Waals surface area contributed by atoms with Crippen molar-refractivity contribution in [3.63, 3.8) is 0 Å². The highest BCUT2D eigenvalue weighted by molar-refractivity contribution is 5.92. The number of hydrogen-bond donors (Lipinski definition) is 3. The number of ether oxygens (including phenoxy) is 1.